The molecule has 178 valence electrons. The number of pyridine rings is 1. The van der Waals surface area contributed by atoms with Crippen molar-refractivity contribution in [3.05, 3.63) is 71.9 Å². The fourth-order valence-electron chi connectivity index (χ4n) is 5.54. The summed E-state index contributed by atoms with van der Waals surface area (Å²) in [6.45, 7) is 6.42. The Balaban J connectivity index is 1.24. The Morgan fingerprint density at radius 2 is 1.91 bits per heavy atom. The summed E-state index contributed by atoms with van der Waals surface area (Å²) in [4.78, 5) is 20.5. The first-order chi connectivity index (χ1) is 17.1. The minimum atomic E-state index is 0.00609. The lowest BCUT2D eigenvalue weighted by Gasteiger charge is -2.33. The van der Waals surface area contributed by atoms with Crippen LogP contribution in [0.1, 0.15) is 30.4 Å². The van der Waals surface area contributed by atoms with Gasteiger partial charge in [-0.05, 0) is 54.8 Å². The van der Waals surface area contributed by atoms with E-state index in [4.69, 9.17) is 4.98 Å². The summed E-state index contributed by atoms with van der Waals surface area (Å²) in [6.07, 6.45) is 3.74. The van der Waals surface area contributed by atoms with Crippen molar-refractivity contribution in [2.75, 3.05) is 43.4 Å². The van der Waals surface area contributed by atoms with Crippen LogP contribution in [0.25, 0.3) is 22.2 Å². The van der Waals surface area contributed by atoms with Gasteiger partial charge in [0.2, 0.25) is 6.41 Å². The van der Waals surface area contributed by atoms with Gasteiger partial charge in [0.15, 0.2) is 0 Å². The van der Waals surface area contributed by atoms with Crippen LogP contribution in [0.3, 0.4) is 0 Å². The maximum absolute atomic E-state index is 11.1. The number of anilines is 2. The largest absolute Gasteiger partial charge is 0.354 e. The minimum Gasteiger partial charge on any atom is -0.354 e. The monoisotopic (exact) mass is 466 g/mol. The second-order valence-electron chi connectivity index (χ2n) is 10.1. The van der Waals surface area contributed by atoms with Gasteiger partial charge in [0.25, 0.3) is 0 Å². The van der Waals surface area contributed by atoms with Gasteiger partial charge in [-0.25, -0.2) is 4.98 Å². The van der Waals surface area contributed by atoms with Crippen LogP contribution in [0.5, 0.6) is 0 Å². The van der Waals surface area contributed by atoms with Crippen molar-refractivity contribution in [1.29, 1.82) is 0 Å². The number of hydrogen-bond acceptors (Lipinski definition) is 5. The van der Waals surface area contributed by atoms with E-state index in [1.165, 1.54) is 11.1 Å². The summed E-state index contributed by atoms with van der Waals surface area (Å²) in [5.41, 5.74) is 6.37. The van der Waals surface area contributed by atoms with Gasteiger partial charge in [-0.1, -0.05) is 37.3 Å². The number of likely N-dealkylation sites (N-methyl/N-ethyl adjacent to an activating group) is 1. The number of amides is 1. The molecule has 4 aromatic rings. The molecule has 2 atom stereocenters. The van der Waals surface area contributed by atoms with Crippen molar-refractivity contribution >= 4 is 28.8 Å². The average Bonchev–Trinajstić information content (AvgIpc) is 3.40. The molecule has 1 amide bonds. The zero-order valence-electron chi connectivity index (χ0n) is 20.2. The van der Waals surface area contributed by atoms with Gasteiger partial charge in [-0.15, -0.1) is 0 Å². The number of hydrogen-bond donors (Lipinski definition) is 2. The van der Waals surface area contributed by atoms with Gasteiger partial charge in [0.05, 0.1) is 5.52 Å². The number of carbonyl (C=O) groups excluding carboxylic acids is 1. The first-order valence-electron chi connectivity index (χ1n) is 12.2. The molecule has 2 aromatic heterocycles. The summed E-state index contributed by atoms with van der Waals surface area (Å²) in [7, 11) is 2.16. The third-order valence-electron chi connectivity index (χ3n) is 7.83. The molecule has 2 N–H and O–H groups in total. The summed E-state index contributed by atoms with van der Waals surface area (Å²) >= 11 is 0. The Bertz CT molecular complexity index is 1370. The van der Waals surface area contributed by atoms with Crippen molar-refractivity contribution < 1.29 is 4.79 Å². The van der Waals surface area contributed by atoms with Crippen molar-refractivity contribution in [2.24, 2.45) is 0 Å². The first kappa shape index (κ1) is 21.8. The number of carbonyl (C=O) groups is 1. The SMILES string of the molecule is CN1CCN(c2ccc(-c3n[nH]c4cc(C5CC5(C)c5ccccc5NC=O)ccc34)cn2)CC1. The number of benzene rings is 2. The highest BCUT2D eigenvalue weighted by atomic mass is 16.1. The van der Waals surface area contributed by atoms with E-state index in [9.17, 15) is 4.79 Å². The predicted molar refractivity (Wildman–Crippen MR) is 140 cm³/mol. The maximum atomic E-state index is 11.1. The van der Waals surface area contributed by atoms with Crippen LogP contribution >= 0.6 is 0 Å². The molecule has 2 fully saturated rings. The molecule has 6 rings (SSSR count). The molecule has 2 aromatic carbocycles. The number of nitrogens with one attached hydrogen (secondary N) is 2. The van der Waals surface area contributed by atoms with Crippen molar-refractivity contribution in [3.63, 3.8) is 0 Å². The van der Waals surface area contributed by atoms with Gasteiger partial charge in [0.1, 0.15) is 11.5 Å². The molecule has 3 heterocycles. The van der Waals surface area contributed by atoms with E-state index in [0.29, 0.717) is 5.92 Å². The number of aromatic amines is 1. The van der Waals surface area contributed by atoms with E-state index in [1.54, 1.807) is 0 Å². The summed E-state index contributed by atoms with van der Waals surface area (Å²) in [6, 6.07) is 18.9. The highest BCUT2D eigenvalue weighted by molar-refractivity contribution is 5.93. The normalized spacial score (nSPS) is 22.3. The quantitative estimate of drug-likeness (QED) is 0.412. The van der Waals surface area contributed by atoms with E-state index in [0.717, 1.165) is 72.7 Å². The standard InChI is InChI=1S/C28H30N6O/c1-28(22-5-3-4-6-24(22)30-18-35)16-23(28)19-7-9-21-25(15-19)31-32-27(21)20-8-10-26(29-17-20)34-13-11-33(2)12-14-34/h3-10,15,17-18,23H,11-14,16H2,1-2H3,(H,30,35)(H,31,32). The lowest BCUT2D eigenvalue weighted by molar-refractivity contribution is -0.105. The molecule has 1 saturated heterocycles. The second-order valence-corrected chi connectivity index (χ2v) is 10.1. The average molecular weight is 467 g/mol. The number of aromatic nitrogens is 3. The Hall–Kier alpha value is -3.71. The third-order valence-corrected chi connectivity index (χ3v) is 7.83. The minimum absolute atomic E-state index is 0.00609. The fourth-order valence-corrected chi connectivity index (χ4v) is 5.54. The Morgan fingerprint density at radius 3 is 2.69 bits per heavy atom. The molecule has 0 spiro atoms. The van der Waals surface area contributed by atoms with Crippen LogP contribution in [-0.4, -0.2) is 59.7 Å². The van der Waals surface area contributed by atoms with Crippen LogP contribution in [0.15, 0.2) is 60.8 Å². The number of fused-ring (bicyclic) bond motifs is 1. The Kier molecular flexibility index (Phi) is 5.29. The topological polar surface area (TPSA) is 77.1 Å². The Labute approximate surface area is 205 Å². The van der Waals surface area contributed by atoms with E-state index < -0.39 is 0 Å². The molecule has 0 radical (unpaired) electrons. The van der Waals surface area contributed by atoms with Gasteiger partial charge < -0.3 is 15.1 Å². The summed E-state index contributed by atoms with van der Waals surface area (Å²) in [5.74, 6) is 1.43. The van der Waals surface area contributed by atoms with Crippen LogP contribution in [-0.2, 0) is 10.2 Å². The molecular formula is C28H30N6O. The smallest absolute Gasteiger partial charge is 0.211 e. The molecule has 7 nitrogen and oxygen atoms in total. The number of rotatable bonds is 6. The molecular weight excluding hydrogens is 436 g/mol. The van der Waals surface area contributed by atoms with E-state index in [1.807, 2.05) is 24.4 Å². The molecule has 1 saturated carbocycles. The van der Waals surface area contributed by atoms with Gasteiger partial charge in [-0.2, -0.15) is 5.10 Å². The van der Waals surface area contributed by atoms with Crippen molar-refractivity contribution in [1.82, 2.24) is 20.1 Å². The number of nitrogens with zero attached hydrogens (tertiary/aromatic N) is 4. The molecule has 2 unspecified atom stereocenters. The molecule has 1 aliphatic carbocycles. The summed E-state index contributed by atoms with van der Waals surface area (Å²) in [5, 5.41) is 11.8. The number of para-hydroxylation sites is 1. The number of piperazine rings is 1. The molecule has 7 heteroatoms. The van der Waals surface area contributed by atoms with Crippen LogP contribution in [0, 0.1) is 0 Å². The molecule has 2 aliphatic rings. The van der Waals surface area contributed by atoms with Gasteiger partial charge >= 0.3 is 0 Å². The second kappa shape index (κ2) is 8.50. The predicted octanol–water partition coefficient (Wildman–Crippen LogP) is 4.39. The van der Waals surface area contributed by atoms with Crippen LogP contribution in [0.2, 0.25) is 0 Å². The highest BCUT2D eigenvalue weighted by Gasteiger charge is 2.52. The molecule has 1 aliphatic heterocycles. The van der Waals surface area contributed by atoms with E-state index in [2.05, 4.69) is 75.7 Å². The van der Waals surface area contributed by atoms with Crippen molar-refractivity contribution in [2.45, 2.75) is 24.7 Å². The van der Waals surface area contributed by atoms with Crippen LogP contribution in [0.4, 0.5) is 11.5 Å². The Morgan fingerprint density at radius 1 is 1.09 bits per heavy atom. The van der Waals surface area contributed by atoms with E-state index >= 15 is 0 Å². The van der Waals surface area contributed by atoms with Gasteiger partial charge in [0, 0.05) is 54.4 Å². The molecule has 0 bridgehead atoms. The lowest BCUT2D eigenvalue weighted by atomic mass is 9.91. The third kappa shape index (κ3) is 3.86. The van der Waals surface area contributed by atoms with E-state index in [-0.39, 0.29) is 5.41 Å². The highest BCUT2D eigenvalue weighted by Crippen LogP contribution is 2.61. The zero-order valence-corrected chi connectivity index (χ0v) is 20.2. The molecule has 35 heavy (non-hydrogen) atoms. The number of H-pyrrole nitrogens is 1. The van der Waals surface area contributed by atoms with Crippen LogP contribution < -0.4 is 10.2 Å². The van der Waals surface area contributed by atoms with Crippen molar-refractivity contribution in [3.8, 4) is 11.3 Å². The summed E-state index contributed by atoms with van der Waals surface area (Å²) < 4.78 is 0. The fraction of sp³-hybridized carbons (Fsp3) is 0.321. The lowest BCUT2D eigenvalue weighted by Crippen LogP contribution is -2.44. The first-order valence-corrected chi connectivity index (χ1v) is 12.2. The van der Waals surface area contributed by atoms with Gasteiger partial charge in [-0.3, -0.25) is 9.89 Å². The zero-order chi connectivity index (χ0) is 24.0. The maximum Gasteiger partial charge on any atom is 0.211 e.